The lowest BCUT2D eigenvalue weighted by molar-refractivity contribution is 0.0984. The standard InChI is InChI=1S/C8H9N3O/c9-11-6-3-8(12)7-1-4-10-5-2-7/h1-2,4-5,9H,3,6H2. The Balaban J connectivity index is 2.59. The molecule has 1 heterocycles. The molecule has 0 aromatic carbocycles. The predicted molar refractivity (Wildman–Crippen MR) is 43.2 cm³/mol. The van der Waals surface area contributed by atoms with Crippen LogP contribution in [0.3, 0.4) is 0 Å². The molecule has 4 heteroatoms. The second kappa shape index (κ2) is 4.33. The van der Waals surface area contributed by atoms with E-state index >= 15 is 0 Å². The number of Topliss-reactive ketones (excluding diaryl/α,β-unsaturated/α-hetero) is 1. The number of carbonyl (C=O) groups excluding carboxylic acids is 1. The van der Waals surface area contributed by atoms with Crippen LogP contribution in [0.1, 0.15) is 16.8 Å². The number of hydrogen-bond acceptors (Lipinski definition) is 4. The lowest BCUT2D eigenvalue weighted by Gasteiger charge is -1.95. The fourth-order valence-electron chi connectivity index (χ4n) is 0.840. The van der Waals surface area contributed by atoms with Gasteiger partial charge in [-0.25, -0.2) is 5.53 Å². The van der Waals surface area contributed by atoms with Gasteiger partial charge in [-0.3, -0.25) is 9.78 Å². The van der Waals surface area contributed by atoms with Crippen LogP contribution in [0.2, 0.25) is 0 Å². The molecule has 1 aromatic heterocycles. The van der Waals surface area contributed by atoms with Crippen molar-refractivity contribution in [3.05, 3.63) is 30.1 Å². The highest BCUT2D eigenvalue weighted by atomic mass is 16.1. The SMILES string of the molecule is N=NCCC(=O)c1ccncc1. The van der Waals surface area contributed by atoms with E-state index in [4.69, 9.17) is 5.53 Å². The van der Waals surface area contributed by atoms with E-state index < -0.39 is 0 Å². The van der Waals surface area contributed by atoms with E-state index in [1.807, 2.05) is 0 Å². The van der Waals surface area contributed by atoms with Crippen LogP contribution in [-0.2, 0) is 0 Å². The number of rotatable bonds is 4. The van der Waals surface area contributed by atoms with E-state index in [0.29, 0.717) is 12.0 Å². The summed E-state index contributed by atoms with van der Waals surface area (Å²) in [7, 11) is 0. The second-order valence-corrected chi connectivity index (χ2v) is 2.29. The Bertz CT molecular complexity index is 271. The molecule has 0 amide bonds. The monoisotopic (exact) mass is 163 g/mol. The molecule has 0 bridgehead atoms. The smallest absolute Gasteiger partial charge is 0.164 e. The fraction of sp³-hybridized carbons (Fsp3) is 0.250. The molecule has 62 valence electrons. The van der Waals surface area contributed by atoms with Gasteiger partial charge in [-0.2, -0.15) is 5.11 Å². The highest BCUT2D eigenvalue weighted by Crippen LogP contribution is 2.00. The molecule has 1 N–H and O–H groups in total. The fourth-order valence-corrected chi connectivity index (χ4v) is 0.840. The number of nitrogens with zero attached hydrogens (tertiary/aromatic N) is 2. The molecule has 12 heavy (non-hydrogen) atoms. The van der Waals surface area contributed by atoms with Crippen molar-refractivity contribution in [2.75, 3.05) is 6.54 Å². The van der Waals surface area contributed by atoms with Crippen LogP contribution in [0.4, 0.5) is 0 Å². The Kier molecular flexibility index (Phi) is 3.07. The highest BCUT2D eigenvalue weighted by molar-refractivity contribution is 5.95. The van der Waals surface area contributed by atoms with Crippen molar-refractivity contribution in [3.63, 3.8) is 0 Å². The zero-order valence-corrected chi connectivity index (χ0v) is 6.53. The Labute approximate surface area is 70.1 Å². The van der Waals surface area contributed by atoms with Crippen molar-refractivity contribution >= 4 is 5.78 Å². The van der Waals surface area contributed by atoms with Gasteiger partial charge in [0.2, 0.25) is 0 Å². The first-order chi connectivity index (χ1) is 5.84. The second-order valence-electron chi connectivity index (χ2n) is 2.29. The van der Waals surface area contributed by atoms with E-state index in [0.717, 1.165) is 0 Å². The molecule has 0 spiro atoms. The predicted octanol–water partition coefficient (Wildman–Crippen LogP) is 1.69. The molecule has 0 fully saturated rings. The van der Waals surface area contributed by atoms with Gasteiger partial charge in [0.05, 0.1) is 6.54 Å². The van der Waals surface area contributed by atoms with Crippen LogP contribution in [0.5, 0.6) is 0 Å². The maximum absolute atomic E-state index is 11.2. The molecule has 0 aliphatic heterocycles. The van der Waals surface area contributed by atoms with Crippen molar-refractivity contribution in [1.82, 2.24) is 4.98 Å². The van der Waals surface area contributed by atoms with Gasteiger partial charge < -0.3 is 0 Å². The third-order valence-corrected chi connectivity index (χ3v) is 1.45. The first-order valence-corrected chi connectivity index (χ1v) is 3.61. The first kappa shape index (κ1) is 8.52. The summed E-state index contributed by atoms with van der Waals surface area (Å²) in [5, 5.41) is 3.11. The minimum Gasteiger partial charge on any atom is -0.294 e. The van der Waals surface area contributed by atoms with Crippen molar-refractivity contribution in [2.24, 2.45) is 5.11 Å². The Morgan fingerprint density at radius 1 is 1.50 bits per heavy atom. The summed E-state index contributed by atoms with van der Waals surface area (Å²) in [5.74, 6) is 0.00778. The molecule has 0 aliphatic carbocycles. The normalized spacial score (nSPS) is 9.33. The Hall–Kier alpha value is -1.58. The van der Waals surface area contributed by atoms with Crippen LogP contribution >= 0.6 is 0 Å². The molecule has 4 nitrogen and oxygen atoms in total. The van der Waals surface area contributed by atoms with Gasteiger partial charge in [0, 0.05) is 24.4 Å². The van der Waals surface area contributed by atoms with Crippen LogP contribution in [0, 0.1) is 5.53 Å². The highest BCUT2D eigenvalue weighted by Gasteiger charge is 2.02. The first-order valence-electron chi connectivity index (χ1n) is 3.61. The number of carbonyl (C=O) groups is 1. The number of aromatic nitrogens is 1. The number of hydrogen-bond donors (Lipinski definition) is 1. The summed E-state index contributed by atoms with van der Waals surface area (Å²) in [6, 6.07) is 3.32. The summed E-state index contributed by atoms with van der Waals surface area (Å²) in [6.07, 6.45) is 3.45. The van der Waals surface area contributed by atoms with Crippen molar-refractivity contribution in [3.8, 4) is 0 Å². The van der Waals surface area contributed by atoms with Crippen molar-refractivity contribution in [2.45, 2.75) is 6.42 Å². The Morgan fingerprint density at radius 2 is 2.17 bits per heavy atom. The Morgan fingerprint density at radius 3 is 2.75 bits per heavy atom. The van der Waals surface area contributed by atoms with Gasteiger partial charge >= 0.3 is 0 Å². The van der Waals surface area contributed by atoms with E-state index in [2.05, 4.69) is 10.1 Å². The molecule has 0 aliphatic rings. The molecular formula is C8H9N3O. The zero-order valence-electron chi connectivity index (χ0n) is 6.53. The zero-order chi connectivity index (χ0) is 8.81. The third kappa shape index (κ3) is 2.23. The summed E-state index contributed by atoms with van der Waals surface area (Å²) in [6.45, 7) is 0.265. The van der Waals surface area contributed by atoms with Gasteiger partial charge in [0.15, 0.2) is 5.78 Å². The maximum atomic E-state index is 11.2. The molecule has 0 saturated heterocycles. The summed E-state index contributed by atoms with van der Waals surface area (Å²) < 4.78 is 0. The molecule has 1 aromatic rings. The van der Waals surface area contributed by atoms with Crippen LogP contribution in [0.25, 0.3) is 0 Å². The summed E-state index contributed by atoms with van der Waals surface area (Å²) >= 11 is 0. The minimum atomic E-state index is 0.00778. The molecular weight excluding hydrogens is 154 g/mol. The van der Waals surface area contributed by atoms with Gasteiger partial charge in [-0.15, -0.1) is 0 Å². The molecule has 0 saturated carbocycles. The van der Waals surface area contributed by atoms with Crippen LogP contribution in [-0.4, -0.2) is 17.3 Å². The number of nitrogens with one attached hydrogen (secondary N) is 1. The lowest BCUT2D eigenvalue weighted by Crippen LogP contribution is -2.00. The topological polar surface area (TPSA) is 66.2 Å². The van der Waals surface area contributed by atoms with Gasteiger partial charge in [0.1, 0.15) is 0 Å². The lowest BCUT2D eigenvalue weighted by atomic mass is 10.1. The number of ketones is 1. The number of pyridine rings is 1. The largest absolute Gasteiger partial charge is 0.294 e. The molecule has 0 atom stereocenters. The van der Waals surface area contributed by atoms with Crippen LogP contribution < -0.4 is 0 Å². The van der Waals surface area contributed by atoms with E-state index in [-0.39, 0.29) is 12.3 Å². The summed E-state index contributed by atoms with van der Waals surface area (Å²) in [4.78, 5) is 15.0. The van der Waals surface area contributed by atoms with E-state index in [9.17, 15) is 4.79 Å². The van der Waals surface area contributed by atoms with Gasteiger partial charge in [-0.1, -0.05) is 0 Å². The average Bonchev–Trinajstić information content (AvgIpc) is 2.15. The molecule has 0 unspecified atom stereocenters. The average molecular weight is 163 g/mol. The van der Waals surface area contributed by atoms with Crippen molar-refractivity contribution < 1.29 is 4.79 Å². The van der Waals surface area contributed by atoms with Crippen LogP contribution in [0.15, 0.2) is 29.6 Å². The summed E-state index contributed by atoms with van der Waals surface area (Å²) in [5.41, 5.74) is 7.15. The van der Waals surface area contributed by atoms with Gasteiger partial charge in [0.25, 0.3) is 0 Å². The van der Waals surface area contributed by atoms with Crippen molar-refractivity contribution in [1.29, 1.82) is 5.53 Å². The molecule has 0 radical (unpaired) electrons. The third-order valence-electron chi connectivity index (χ3n) is 1.45. The van der Waals surface area contributed by atoms with E-state index in [1.165, 1.54) is 0 Å². The van der Waals surface area contributed by atoms with Gasteiger partial charge in [-0.05, 0) is 12.1 Å². The quantitative estimate of drug-likeness (QED) is 0.542. The minimum absolute atomic E-state index is 0.00778. The van der Waals surface area contributed by atoms with E-state index in [1.54, 1.807) is 24.5 Å². The maximum Gasteiger partial charge on any atom is 0.164 e. The molecule has 1 rings (SSSR count).